The maximum atomic E-state index is 4.76. The van der Waals surface area contributed by atoms with Gasteiger partial charge in [0.2, 0.25) is 0 Å². The molecular weight excluding hydrogens is 713 g/mol. The molecule has 1 fully saturated rings. The van der Waals surface area contributed by atoms with Crippen LogP contribution in [0.25, 0.3) is 42.7 Å². The van der Waals surface area contributed by atoms with Crippen LogP contribution >= 0.6 is 11.3 Å². The van der Waals surface area contributed by atoms with Gasteiger partial charge in [-0.15, -0.1) is 59.7 Å². The Labute approximate surface area is 262 Å². The van der Waals surface area contributed by atoms with Crippen LogP contribution in [0.5, 0.6) is 0 Å². The normalized spacial score (nSPS) is 13.5. The van der Waals surface area contributed by atoms with Gasteiger partial charge >= 0.3 is 0 Å². The number of thiophene rings is 1. The van der Waals surface area contributed by atoms with E-state index in [9.17, 15) is 0 Å². The number of hydrogen-bond donors (Lipinski definition) is 0. The smallest absolute Gasteiger partial charge is 0.0794 e. The zero-order valence-electron chi connectivity index (χ0n) is 23.8. The number of nitrogens with zero attached hydrogens (tertiary/aromatic N) is 2. The maximum Gasteiger partial charge on any atom is 0.0794 e. The molecule has 6 aromatic rings. The quantitative estimate of drug-likeness (QED) is 0.133. The molecule has 0 bridgehead atoms. The average molecular weight is 747 g/mol. The van der Waals surface area contributed by atoms with Crippen molar-refractivity contribution in [2.24, 2.45) is 0 Å². The van der Waals surface area contributed by atoms with Crippen molar-refractivity contribution in [2.75, 3.05) is 0 Å². The standard InChI is InChI=1S/C25H26NSSi.C11H8N.Ir/c1-28(2,3)23-13-7-11-20-19-10-6-12-21(24(19)27-25(20)23)22-16-18(14-15-26-22)17-8-4-5-9-17;1-2-6-10(7-3-1)11-8-4-5-9-12-11;/h6-7,10-11,13-17H,4-5,8-9H2,1-3H3;1-6,8-9H;/q2*-1;. The first kappa shape index (κ1) is 29.5. The maximum absolute atomic E-state index is 4.76. The van der Waals surface area contributed by atoms with Gasteiger partial charge in [0.05, 0.1) is 8.07 Å². The van der Waals surface area contributed by atoms with Crippen LogP contribution in [0.2, 0.25) is 19.6 Å². The summed E-state index contributed by atoms with van der Waals surface area (Å²) in [4.78, 5) is 8.97. The monoisotopic (exact) mass is 747 g/mol. The largest absolute Gasteiger partial charge is 0.305 e. The second kappa shape index (κ2) is 12.9. The fraction of sp³-hybridized carbons (Fsp3) is 0.222. The number of pyridine rings is 2. The third kappa shape index (κ3) is 6.44. The van der Waals surface area contributed by atoms with Crippen LogP contribution in [0.15, 0.2) is 97.3 Å². The summed E-state index contributed by atoms with van der Waals surface area (Å²) in [5.41, 5.74) is 5.71. The Morgan fingerprint density at radius 1 is 0.732 bits per heavy atom. The van der Waals surface area contributed by atoms with E-state index >= 15 is 0 Å². The van der Waals surface area contributed by atoms with Crippen LogP contribution in [-0.4, -0.2) is 18.0 Å². The van der Waals surface area contributed by atoms with Gasteiger partial charge in [0.25, 0.3) is 0 Å². The molecule has 0 spiro atoms. The molecule has 3 aromatic carbocycles. The van der Waals surface area contributed by atoms with Gasteiger partial charge in [-0.25, -0.2) is 0 Å². The van der Waals surface area contributed by atoms with Crippen LogP contribution in [0, 0.1) is 12.1 Å². The van der Waals surface area contributed by atoms with E-state index in [2.05, 4.69) is 79.2 Å². The van der Waals surface area contributed by atoms with Gasteiger partial charge in [0.15, 0.2) is 0 Å². The van der Waals surface area contributed by atoms with Gasteiger partial charge in [-0.1, -0.05) is 79.8 Å². The Balaban J connectivity index is 0.000000218. The number of fused-ring (bicyclic) bond motifs is 3. The molecule has 3 aromatic heterocycles. The summed E-state index contributed by atoms with van der Waals surface area (Å²) in [5.74, 6) is 0.710. The summed E-state index contributed by atoms with van der Waals surface area (Å²) >= 11 is 1.94. The molecular formula is C36H34IrN2SSi-2. The topological polar surface area (TPSA) is 25.8 Å². The zero-order chi connectivity index (χ0) is 27.5. The van der Waals surface area contributed by atoms with Crippen LogP contribution in [0.1, 0.15) is 37.2 Å². The van der Waals surface area contributed by atoms with Gasteiger partial charge in [-0.2, -0.15) is 11.3 Å². The summed E-state index contributed by atoms with van der Waals surface area (Å²) < 4.78 is 2.80. The predicted molar refractivity (Wildman–Crippen MR) is 174 cm³/mol. The van der Waals surface area contributed by atoms with Crippen molar-refractivity contribution < 1.29 is 20.1 Å². The third-order valence-corrected chi connectivity index (χ3v) is 11.3. The van der Waals surface area contributed by atoms with E-state index in [1.165, 1.54) is 57.0 Å². The average Bonchev–Trinajstić information content (AvgIpc) is 3.67. The van der Waals surface area contributed by atoms with Crippen molar-refractivity contribution in [3.05, 3.63) is 115 Å². The van der Waals surface area contributed by atoms with Crippen LogP contribution in [0.3, 0.4) is 0 Å². The van der Waals surface area contributed by atoms with Gasteiger partial charge in [-0.05, 0) is 57.6 Å². The van der Waals surface area contributed by atoms with Crippen LogP contribution < -0.4 is 5.19 Å². The number of benzene rings is 3. The molecule has 0 saturated heterocycles. The fourth-order valence-corrected chi connectivity index (χ4v) is 9.42. The van der Waals surface area contributed by atoms with E-state index in [0.29, 0.717) is 5.92 Å². The minimum atomic E-state index is -1.40. The Kier molecular flexibility index (Phi) is 9.30. The van der Waals surface area contributed by atoms with E-state index in [-0.39, 0.29) is 20.1 Å². The predicted octanol–water partition coefficient (Wildman–Crippen LogP) is 9.67. The summed E-state index contributed by atoms with van der Waals surface area (Å²) in [7, 11) is -1.40. The second-order valence-electron chi connectivity index (χ2n) is 11.6. The van der Waals surface area contributed by atoms with Crippen molar-refractivity contribution in [2.45, 2.75) is 51.2 Å². The Morgan fingerprint density at radius 3 is 2.24 bits per heavy atom. The number of rotatable bonds is 4. The molecule has 0 unspecified atom stereocenters. The summed E-state index contributed by atoms with van der Waals surface area (Å²) in [6, 6.07) is 36.0. The molecule has 7 rings (SSSR count). The molecule has 2 nitrogen and oxygen atoms in total. The van der Waals surface area contributed by atoms with E-state index in [4.69, 9.17) is 4.98 Å². The first-order valence-electron chi connectivity index (χ1n) is 14.2. The fourth-order valence-electron chi connectivity index (χ4n) is 5.72. The molecule has 0 atom stereocenters. The van der Waals surface area contributed by atoms with Crippen LogP contribution in [-0.2, 0) is 20.1 Å². The summed E-state index contributed by atoms with van der Waals surface area (Å²) in [5, 5.41) is 4.30. The molecule has 209 valence electrons. The molecule has 0 aliphatic heterocycles. The first-order valence-corrected chi connectivity index (χ1v) is 18.5. The molecule has 1 aliphatic carbocycles. The molecule has 41 heavy (non-hydrogen) atoms. The van der Waals surface area contributed by atoms with Crippen molar-refractivity contribution in [3.8, 4) is 22.5 Å². The van der Waals surface area contributed by atoms with Gasteiger partial charge in [0.1, 0.15) is 0 Å². The molecule has 1 saturated carbocycles. The van der Waals surface area contributed by atoms with Crippen molar-refractivity contribution >= 4 is 44.8 Å². The molecule has 1 radical (unpaired) electrons. The SMILES string of the molecule is C[Si](C)(C)c1cccc2c1sc1c(-c3cc(C4CCCC4)ccn3)[c-]ccc12.[Ir].[c-]1ccccc1-c1ccccn1. The summed E-state index contributed by atoms with van der Waals surface area (Å²) in [6.45, 7) is 7.31. The molecule has 3 heterocycles. The first-order chi connectivity index (χ1) is 19.5. The second-order valence-corrected chi connectivity index (χ2v) is 17.6. The Hall–Kier alpha value is -2.95. The minimum absolute atomic E-state index is 0. The molecule has 0 N–H and O–H groups in total. The van der Waals surface area contributed by atoms with Crippen LogP contribution in [0.4, 0.5) is 0 Å². The van der Waals surface area contributed by atoms with E-state index in [0.717, 1.165) is 17.0 Å². The molecule has 0 amide bonds. The Morgan fingerprint density at radius 2 is 1.51 bits per heavy atom. The minimum Gasteiger partial charge on any atom is -0.305 e. The van der Waals surface area contributed by atoms with E-state index in [1.54, 1.807) is 11.4 Å². The molecule has 5 heteroatoms. The molecule has 1 aliphatic rings. The van der Waals surface area contributed by atoms with E-state index in [1.807, 2.05) is 60.0 Å². The van der Waals surface area contributed by atoms with Gasteiger partial charge in [0, 0.05) is 37.2 Å². The zero-order valence-corrected chi connectivity index (χ0v) is 28.0. The van der Waals surface area contributed by atoms with Crippen molar-refractivity contribution in [1.29, 1.82) is 0 Å². The van der Waals surface area contributed by atoms with Crippen molar-refractivity contribution in [1.82, 2.24) is 9.97 Å². The number of hydrogen-bond acceptors (Lipinski definition) is 3. The van der Waals surface area contributed by atoms with Gasteiger partial charge in [-0.3, -0.25) is 0 Å². The van der Waals surface area contributed by atoms with Gasteiger partial charge < -0.3 is 9.97 Å². The van der Waals surface area contributed by atoms with Crippen molar-refractivity contribution in [3.63, 3.8) is 0 Å². The third-order valence-electron chi connectivity index (χ3n) is 7.78. The van der Waals surface area contributed by atoms with E-state index < -0.39 is 8.07 Å². The summed E-state index contributed by atoms with van der Waals surface area (Å²) in [6.07, 6.45) is 9.14. The number of aromatic nitrogens is 2. The Bertz CT molecular complexity index is 1700.